The molecule has 3 N–H and O–H groups in total. The number of aliphatic hydroxyl groups is 3. The van der Waals surface area contributed by atoms with Crippen molar-refractivity contribution in [3.63, 3.8) is 0 Å². The SMILES string of the molecule is CCCCCCCCCC(O)C#CC#C/C=C\OCC(O)CO. The second-order valence-corrected chi connectivity index (χ2v) is 5.44. The van der Waals surface area contributed by atoms with Gasteiger partial charge in [-0.15, -0.1) is 0 Å². The Kier molecular flexibility index (Phi) is 15.8. The highest BCUT2D eigenvalue weighted by Gasteiger charge is 1.99. The molecule has 4 nitrogen and oxygen atoms in total. The zero-order valence-electron chi connectivity index (χ0n) is 14.1. The molecule has 0 spiro atoms. The van der Waals surface area contributed by atoms with E-state index in [0.29, 0.717) is 6.42 Å². The van der Waals surface area contributed by atoms with Crippen molar-refractivity contribution in [2.45, 2.75) is 70.5 Å². The summed E-state index contributed by atoms with van der Waals surface area (Å²) >= 11 is 0. The summed E-state index contributed by atoms with van der Waals surface area (Å²) in [6.07, 6.45) is 10.5. The largest absolute Gasteiger partial charge is 0.498 e. The zero-order chi connectivity index (χ0) is 17.2. The van der Waals surface area contributed by atoms with Crippen molar-refractivity contribution in [1.29, 1.82) is 0 Å². The molecule has 2 atom stereocenters. The highest BCUT2D eigenvalue weighted by atomic mass is 16.5. The van der Waals surface area contributed by atoms with E-state index in [1.54, 1.807) is 0 Å². The monoisotopic (exact) mass is 322 g/mol. The summed E-state index contributed by atoms with van der Waals surface area (Å²) in [7, 11) is 0. The van der Waals surface area contributed by atoms with Crippen LogP contribution in [0.1, 0.15) is 58.3 Å². The normalized spacial score (nSPS) is 12.9. The van der Waals surface area contributed by atoms with E-state index >= 15 is 0 Å². The van der Waals surface area contributed by atoms with Gasteiger partial charge in [-0.2, -0.15) is 0 Å². The predicted octanol–water partition coefficient (Wildman–Crippen LogP) is 2.38. The Morgan fingerprint density at radius 1 is 1.00 bits per heavy atom. The van der Waals surface area contributed by atoms with Crippen LogP contribution >= 0.6 is 0 Å². The van der Waals surface area contributed by atoms with Crippen LogP contribution in [-0.2, 0) is 4.74 Å². The minimum Gasteiger partial charge on any atom is -0.498 e. The summed E-state index contributed by atoms with van der Waals surface area (Å²) in [5.41, 5.74) is 0. The molecular weight excluding hydrogens is 292 g/mol. The van der Waals surface area contributed by atoms with Crippen molar-refractivity contribution in [2.24, 2.45) is 0 Å². The van der Waals surface area contributed by atoms with E-state index in [-0.39, 0.29) is 13.2 Å². The summed E-state index contributed by atoms with van der Waals surface area (Å²) in [5, 5.41) is 27.3. The molecule has 0 fully saturated rings. The maximum absolute atomic E-state index is 9.68. The molecule has 0 saturated heterocycles. The van der Waals surface area contributed by atoms with Gasteiger partial charge in [-0.1, -0.05) is 57.3 Å². The molecule has 0 radical (unpaired) electrons. The first-order valence-electron chi connectivity index (χ1n) is 8.45. The Balaban J connectivity index is 3.64. The van der Waals surface area contributed by atoms with Gasteiger partial charge in [0.15, 0.2) is 0 Å². The van der Waals surface area contributed by atoms with E-state index < -0.39 is 12.2 Å². The minimum atomic E-state index is -0.880. The molecule has 0 saturated carbocycles. The maximum atomic E-state index is 9.68. The summed E-state index contributed by atoms with van der Waals surface area (Å²) in [4.78, 5) is 0. The van der Waals surface area contributed by atoms with Gasteiger partial charge < -0.3 is 20.1 Å². The van der Waals surface area contributed by atoms with Crippen LogP contribution in [-0.4, -0.2) is 40.7 Å². The quantitative estimate of drug-likeness (QED) is 0.293. The third-order valence-electron chi connectivity index (χ3n) is 3.20. The Morgan fingerprint density at radius 2 is 1.70 bits per heavy atom. The van der Waals surface area contributed by atoms with Gasteiger partial charge in [0.1, 0.15) is 18.8 Å². The van der Waals surface area contributed by atoms with Crippen molar-refractivity contribution in [3.8, 4) is 23.7 Å². The van der Waals surface area contributed by atoms with Crippen LogP contribution in [0.4, 0.5) is 0 Å². The summed E-state index contributed by atoms with van der Waals surface area (Å²) in [6, 6.07) is 0. The Bertz CT molecular complexity index is 409. The molecule has 0 amide bonds. The smallest absolute Gasteiger partial charge is 0.115 e. The standard InChI is InChI=1S/C19H30O4/c1-2-3-4-5-6-7-10-13-18(21)14-11-8-9-12-15-23-17-19(22)16-20/h12,15,18-22H,2-7,10,13,16-17H2,1H3/b15-12-. The van der Waals surface area contributed by atoms with Gasteiger partial charge in [-0.25, -0.2) is 0 Å². The first-order valence-corrected chi connectivity index (χ1v) is 8.45. The Hall–Kier alpha value is -1.46. The average Bonchev–Trinajstić information content (AvgIpc) is 2.56. The Morgan fingerprint density at radius 3 is 2.39 bits per heavy atom. The topological polar surface area (TPSA) is 69.9 Å². The first-order chi connectivity index (χ1) is 11.2. The highest BCUT2D eigenvalue weighted by molar-refractivity contribution is 5.31. The highest BCUT2D eigenvalue weighted by Crippen LogP contribution is 2.09. The summed E-state index contributed by atoms with van der Waals surface area (Å²) in [5.74, 6) is 10.5. The van der Waals surface area contributed by atoms with Crippen molar-refractivity contribution < 1.29 is 20.1 Å². The summed E-state index contributed by atoms with van der Waals surface area (Å²) < 4.78 is 4.92. The van der Waals surface area contributed by atoms with E-state index in [9.17, 15) is 5.11 Å². The van der Waals surface area contributed by atoms with Gasteiger partial charge >= 0.3 is 0 Å². The zero-order valence-corrected chi connectivity index (χ0v) is 14.1. The number of allylic oxidation sites excluding steroid dienone is 1. The maximum Gasteiger partial charge on any atom is 0.115 e. The molecule has 0 aromatic carbocycles. The van der Waals surface area contributed by atoms with Crippen LogP contribution in [0.15, 0.2) is 12.3 Å². The number of ether oxygens (including phenoxy) is 1. The second-order valence-electron chi connectivity index (χ2n) is 5.44. The van der Waals surface area contributed by atoms with Gasteiger partial charge in [0.05, 0.1) is 12.9 Å². The van der Waals surface area contributed by atoms with Crippen molar-refractivity contribution in [2.75, 3.05) is 13.2 Å². The number of rotatable bonds is 12. The average molecular weight is 322 g/mol. The van der Waals surface area contributed by atoms with Crippen molar-refractivity contribution in [3.05, 3.63) is 12.3 Å². The van der Waals surface area contributed by atoms with Crippen molar-refractivity contribution in [1.82, 2.24) is 0 Å². The van der Waals surface area contributed by atoms with Crippen molar-refractivity contribution >= 4 is 0 Å². The molecular formula is C19H30O4. The van der Waals surface area contributed by atoms with Gasteiger partial charge in [-0.05, 0) is 24.7 Å². The molecule has 130 valence electrons. The van der Waals surface area contributed by atoms with E-state index in [0.717, 1.165) is 12.8 Å². The lowest BCUT2D eigenvalue weighted by atomic mass is 10.1. The summed E-state index contributed by atoms with van der Waals surface area (Å²) in [6.45, 7) is 1.90. The lowest BCUT2D eigenvalue weighted by molar-refractivity contribution is 0.0385. The molecule has 0 aliphatic rings. The molecule has 0 aromatic heterocycles. The third kappa shape index (κ3) is 16.7. The molecule has 4 heteroatoms. The fourth-order valence-corrected chi connectivity index (χ4v) is 1.87. The fourth-order valence-electron chi connectivity index (χ4n) is 1.87. The molecule has 0 rings (SSSR count). The van der Waals surface area contributed by atoms with Gasteiger partial charge in [0, 0.05) is 6.08 Å². The van der Waals surface area contributed by atoms with Crippen LogP contribution < -0.4 is 0 Å². The number of hydrogen-bond acceptors (Lipinski definition) is 4. The molecule has 0 aliphatic carbocycles. The van der Waals surface area contributed by atoms with Gasteiger partial charge in [0.25, 0.3) is 0 Å². The minimum absolute atomic E-state index is 0.0253. The third-order valence-corrected chi connectivity index (χ3v) is 3.20. The van der Waals surface area contributed by atoms with Gasteiger partial charge in [-0.3, -0.25) is 0 Å². The lowest BCUT2D eigenvalue weighted by Crippen LogP contribution is -2.17. The van der Waals surface area contributed by atoms with E-state index in [1.165, 1.54) is 44.4 Å². The molecule has 0 bridgehead atoms. The molecule has 2 unspecified atom stereocenters. The predicted molar refractivity (Wildman–Crippen MR) is 92.4 cm³/mol. The Labute approximate surface area is 140 Å². The fraction of sp³-hybridized carbons (Fsp3) is 0.684. The number of hydrogen-bond donors (Lipinski definition) is 3. The second kappa shape index (κ2) is 16.9. The number of unbranched alkanes of at least 4 members (excludes halogenated alkanes) is 6. The molecule has 0 aromatic rings. The van der Waals surface area contributed by atoms with Gasteiger partial charge in [0.2, 0.25) is 0 Å². The molecule has 23 heavy (non-hydrogen) atoms. The van der Waals surface area contributed by atoms with Crippen LogP contribution in [0.5, 0.6) is 0 Å². The van der Waals surface area contributed by atoms with E-state index in [1.807, 2.05) is 0 Å². The lowest BCUT2D eigenvalue weighted by Gasteiger charge is -2.04. The van der Waals surface area contributed by atoms with E-state index in [2.05, 4.69) is 30.6 Å². The first kappa shape index (κ1) is 21.5. The number of aliphatic hydroxyl groups excluding tert-OH is 3. The van der Waals surface area contributed by atoms with Crippen LogP contribution in [0, 0.1) is 23.7 Å². The van der Waals surface area contributed by atoms with Crippen LogP contribution in [0.3, 0.4) is 0 Å². The van der Waals surface area contributed by atoms with Crippen LogP contribution in [0.2, 0.25) is 0 Å². The van der Waals surface area contributed by atoms with E-state index in [4.69, 9.17) is 14.9 Å². The molecule has 0 heterocycles. The molecule has 0 aliphatic heterocycles. The van der Waals surface area contributed by atoms with Crippen LogP contribution in [0.25, 0.3) is 0 Å².